The van der Waals surface area contributed by atoms with E-state index in [4.69, 9.17) is 5.11 Å². The SMILES string of the molecule is COC(=O)Cc1cccc(C2=CCCN(C(=O)O)C2)c1. The Balaban J connectivity index is 2.16. The Hall–Kier alpha value is -2.30. The van der Waals surface area contributed by atoms with Gasteiger partial charge in [-0.1, -0.05) is 30.3 Å². The molecule has 0 unspecified atom stereocenters. The van der Waals surface area contributed by atoms with Crippen LogP contribution >= 0.6 is 0 Å². The van der Waals surface area contributed by atoms with Crippen molar-refractivity contribution in [3.05, 3.63) is 41.5 Å². The molecule has 1 aliphatic heterocycles. The van der Waals surface area contributed by atoms with Crippen LogP contribution in [0.1, 0.15) is 17.5 Å². The molecule has 1 aromatic carbocycles. The van der Waals surface area contributed by atoms with Gasteiger partial charge in [0.05, 0.1) is 13.5 Å². The van der Waals surface area contributed by atoms with E-state index in [1.807, 2.05) is 24.3 Å². The smallest absolute Gasteiger partial charge is 0.407 e. The number of amides is 1. The molecule has 1 aliphatic rings. The van der Waals surface area contributed by atoms with E-state index >= 15 is 0 Å². The number of carbonyl (C=O) groups excluding carboxylic acids is 1. The average molecular weight is 275 g/mol. The van der Waals surface area contributed by atoms with E-state index in [2.05, 4.69) is 10.8 Å². The van der Waals surface area contributed by atoms with Gasteiger partial charge in [-0.25, -0.2) is 4.79 Å². The topological polar surface area (TPSA) is 66.8 Å². The first-order chi connectivity index (χ1) is 9.60. The molecule has 5 nitrogen and oxygen atoms in total. The maximum Gasteiger partial charge on any atom is 0.407 e. The predicted molar refractivity (Wildman–Crippen MR) is 74.4 cm³/mol. The molecule has 1 N–H and O–H groups in total. The van der Waals surface area contributed by atoms with Crippen molar-refractivity contribution in [2.75, 3.05) is 20.2 Å². The van der Waals surface area contributed by atoms with E-state index in [0.717, 1.165) is 16.7 Å². The van der Waals surface area contributed by atoms with Crippen molar-refractivity contribution in [2.45, 2.75) is 12.8 Å². The van der Waals surface area contributed by atoms with E-state index in [9.17, 15) is 9.59 Å². The quantitative estimate of drug-likeness (QED) is 0.858. The molecule has 106 valence electrons. The Kier molecular flexibility index (Phi) is 4.40. The zero-order valence-corrected chi connectivity index (χ0v) is 11.3. The maximum atomic E-state index is 11.3. The number of benzene rings is 1. The van der Waals surface area contributed by atoms with E-state index in [1.54, 1.807) is 0 Å². The molecule has 2 rings (SSSR count). The second kappa shape index (κ2) is 6.23. The molecule has 0 fully saturated rings. The van der Waals surface area contributed by atoms with Crippen molar-refractivity contribution in [1.29, 1.82) is 0 Å². The highest BCUT2D eigenvalue weighted by Crippen LogP contribution is 2.22. The summed E-state index contributed by atoms with van der Waals surface area (Å²) in [6.07, 6.45) is 2.08. The van der Waals surface area contributed by atoms with Crippen LogP contribution in [0.3, 0.4) is 0 Å². The molecule has 0 saturated heterocycles. The fourth-order valence-corrected chi connectivity index (χ4v) is 2.24. The number of esters is 1. The lowest BCUT2D eigenvalue weighted by Gasteiger charge is -2.25. The summed E-state index contributed by atoms with van der Waals surface area (Å²) in [6, 6.07) is 7.57. The molecule has 5 heteroatoms. The second-order valence-electron chi connectivity index (χ2n) is 4.68. The third-order valence-corrected chi connectivity index (χ3v) is 3.30. The fraction of sp³-hybridized carbons (Fsp3) is 0.333. The van der Waals surface area contributed by atoms with E-state index in [0.29, 0.717) is 19.5 Å². The van der Waals surface area contributed by atoms with Crippen LogP contribution in [0, 0.1) is 0 Å². The Bertz CT molecular complexity index is 551. The molecule has 1 amide bonds. The first-order valence-electron chi connectivity index (χ1n) is 6.43. The van der Waals surface area contributed by atoms with Gasteiger partial charge in [-0.3, -0.25) is 4.79 Å². The number of ether oxygens (including phenoxy) is 1. The van der Waals surface area contributed by atoms with Crippen LogP contribution in [0.15, 0.2) is 30.3 Å². The molecular formula is C15H17NO4. The van der Waals surface area contributed by atoms with Crippen molar-refractivity contribution in [1.82, 2.24) is 4.90 Å². The monoisotopic (exact) mass is 275 g/mol. The standard InChI is InChI=1S/C15H17NO4/c1-20-14(17)9-11-4-2-5-12(8-11)13-6-3-7-16(10-13)15(18)19/h2,4-6,8H,3,7,9-10H2,1H3,(H,18,19). The average Bonchev–Trinajstić information content (AvgIpc) is 2.47. The van der Waals surface area contributed by atoms with Gasteiger partial charge >= 0.3 is 12.1 Å². The van der Waals surface area contributed by atoms with Gasteiger partial charge in [-0.15, -0.1) is 0 Å². The van der Waals surface area contributed by atoms with Gasteiger partial charge in [0.2, 0.25) is 0 Å². The summed E-state index contributed by atoms with van der Waals surface area (Å²) in [5.74, 6) is -0.285. The number of hydrogen-bond donors (Lipinski definition) is 1. The number of hydrogen-bond acceptors (Lipinski definition) is 3. The Morgan fingerprint density at radius 3 is 2.90 bits per heavy atom. The number of methoxy groups -OCH3 is 1. The van der Waals surface area contributed by atoms with E-state index in [1.165, 1.54) is 12.0 Å². The lowest BCUT2D eigenvalue weighted by molar-refractivity contribution is -0.139. The summed E-state index contributed by atoms with van der Waals surface area (Å²) < 4.78 is 4.65. The normalized spacial score (nSPS) is 14.7. The number of carboxylic acid groups (broad SMARTS) is 1. The van der Waals surface area contributed by atoms with E-state index < -0.39 is 6.09 Å². The van der Waals surface area contributed by atoms with Crippen LogP contribution in [-0.4, -0.2) is 42.3 Å². The van der Waals surface area contributed by atoms with Crippen LogP contribution in [-0.2, 0) is 16.0 Å². The molecule has 20 heavy (non-hydrogen) atoms. The summed E-state index contributed by atoms with van der Waals surface area (Å²) in [5, 5.41) is 9.05. The molecule has 0 spiro atoms. The predicted octanol–water partition coefficient (Wildman–Crippen LogP) is 2.17. The van der Waals surface area contributed by atoms with E-state index in [-0.39, 0.29) is 12.4 Å². The maximum absolute atomic E-state index is 11.3. The summed E-state index contributed by atoms with van der Waals surface area (Å²) in [6.45, 7) is 0.914. The highest BCUT2D eigenvalue weighted by atomic mass is 16.5. The van der Waals surface area contributed by atoms with Gasteiger partial charge in [0.15, 0.2) is 0 Å². The molecule has 1 heterocycles. The molecule has 1 aromatic rings. The van der Waals surface area contributed by atoms with Crippen molar-refractivity contribution < 1.29 is 19.4 Å². The minimum atomic E-state index is -0.902. The third kappa shape index (κ3) is 3.38. The molecule has 0 bridgehead atoms. The zero-order chi connectivity index (χ0) is 14.5. The first kappa shape index (κ1) is 14.1. The van der Waals surface area contributed by atoms with Gasteiger partial charge < -0.3 is 14.7 Å². The highest BCUT2D eigenvalue weighted by Gasteiger charge is 2.18. The molecule has 0 aromatic heterocycles. The molecule has 0 atom stereocenters. The van der Waals surface area contributed by atoms with Gasteiger partial charge in [-0.2, -0.15) is 0 Å². The Labute approximate surface area is 117 Å². The summed E-state index contributed by atoms with van der Waals surface area (Å²) in [7, 11) is 1.36. The summed E-state index contributed by atoms with van der Waals surface area (Å²) >= 11 is 0. The van der Waals surface area contributed by atoms with Gasteiger partial charge in [-0.05, 0) is 23.1 Å². The van der Waals surface area contributed by atoms with Crippen LogP contribution in [0.25, 0.3) is 5.57 Å². The van der Waals surface area contributed by atoms with Gasteiger partial charge in [0.1, 0.15) is 0 Å². The van der Waals surface area contributed by atoms with Crippen LogP contribution in [0.5, 0.6) is 0 Å². The molecule has 0 radical (unpaired) electrons. The largest absolute Gasteiger partial charge is 0.469 e. The van der Waals surface area contributed by atoms with Gasteiger partial charge in [0, 0.05) is 13.1 Å². The second-order valence-corrected chi connectivity index (χ2v) is 4.68. The Morgan fingerprint density at radius 2 is 2.20 bits per heavy atom. The van der Waals surface area contributed by atoms with Crippen LogP contribution < -0.4 is 0 Å². The number of carbonyl (C=O) groups is 2. The first-order valence-corrected chi connectivity index (χ1v) is 6.43. The fourth-order valence-electron chi connectivity index (χ4n) is 2.24. The number of rotatable bonds is 3. The van der Waals surface area contributed by atoms with Crippen LogP contribution in [0.4, 0.5) is 4.79 Å². The van der Waals surface area contributed by atoms with Gasteiger partial charge in [0.25, 0.3) is 0 Å². The summed E-state index contributed by atoms with van der Waals surface area (Å²) in [4.78, 5) is 23.7. The lowest BCUT2D eigenvalue weighted by atomic mass is 9.98. The summed E-state index contributed by atoms with van der Waals surface area (Å²) in [5.41, 5.74) is 2.80. The lowest BCUT2D eigenvalue weighted by Crippen LogP contribution is -2.34. The molecular weight excluding hydrogens is 258 g/mol. The highest BCUT2D eigenvalue weighted by molar-refractivity contribution is 5.76. The van der Waals surface area contributed by atoms with Crippen molar-refractivity contribution >= 4 is 17.6 Å². The van der Waals surface area contributed by atoms with Crippen LogP contribution in [0.2, 0.25) is 0 Å². The molecule has 0 saturated carbocycles. The zero-order valence-electron chi connectivity index (χ0n) is 11.3. The van der Waals surface area contributed by atoms with Crippen molar-refractivity contribution in [3.63, 3.8) is 0 Å². The minimum Gasteiger partial charge on any atom is -0.469 e. The number of nitrogens with zero attached hydrogens (tertiary/aromatic N) is 1. The minimum absolute atomic E-state index is 0.222. The Morgan fingerprint density at radius 1 is 1.40 bits per heavy atom. The van der Waals surface area contributed by atoms with Crippen molar-refractivity contribution in [3.8, 4) is 0 Å². The molecule has 0 aliphatic carbocycles. The van der Waals surface area contributed by atoms with Crippen molar-refractivity contribution in [2.24, 2.45) is 0 Å². The third-order valence-electron chi connectivity index (χ3n) is 3.30.